The molecule has 0 saturated carbocycles. The van der Waals surface area contributed by atoms with Gasteiger partial charge >= 0.3 is 18.0 Å². The molecule has 0 saturated heterocycles. The van der Waals surface area contributed by atoms with Crippen LogP contribution in [0.2, 0.25) is 0 Å². The molecule has 1 aromatic heterocycles. The summed E-state index contributed by atoms with van der Waals surface area (Å²) >= 11 is 0.202. The van der Waals surface area contributed by atoms with E-state index in [9.17, 15) is 26.3 Å². The summed E-state index contributed by atoms with van der Waals surface area (Å²) in [7, 11) is 0.916. The second kappa shape index (κ2) is 5.02. The highest BCUT2D eigenvalue weighted by molar-refractivity contribution is 7.09. The van der Waals surface area contributed by atoms with Crippen molar-refractivity contribution in [3.63, 3.8) is 0 Å². The third-order valence-corrected chi connectivity index (χ3v) is 2.80. The number of hydrogen-bond donors (Lipinski definition) is 0. The van der Waals surface area contributed by atoms with Crippen LogP contribution in [0.4, 0.5) is 26.3 Å². The van der Waals surface area contributed by atoms with Crippen molar-refractivity contribution in [1.29, 1.82) is 0 Å². The van der Waals surface area contributed by atoms with E-state index in [-0.39, 0.29) is 11.3 Å². The normalized spacial score (nSPS) is 13.9. The Balaban J connectivity index is 3.37. The van der Waals surface area contributed by atoms with E-state index < -0.39 is 29.8 Å². The predicted octanol–water partition coefficient (Wildman–Crippen LogP) is 3.08. The fourth-order valence-corrected chi connectivity index (χ4v) is 2.00. The Hall–Kier alpha value is -0.870. The van der Waals surface area contributed by atoms with Crippen LogP contribution in [0.1, 0.15) is 5.01 Å². The first-order valence-corrected chi connectivity index (χ1v) is 5.21. The van der Waals surface area contributed by atoms with Crippen molar-refractivity contribution in [2.45, 2.75) is 18.0 Å². The summed E-state index contributed by atoms with van der Waals surface area (Å²) in [6, 6.07) is 0. The number of methoxy groups -OCH3 is 1. The van der Waals surface area contributed by atoms with Gasteiger partial charge in [0, 0.05) is 18.7 Å². The largest absolute Gasteiger partial charge is 0.433 e. The van der Waals surface area contributed by atoms with Crippen molar-refractivity contribution < 1.29 is 35.8 Å². The van der Waals surface area contributed by atoms with Gasteiger partial charge in [0.25, 0.3) is 0 Å². The van der Waals surface area contributed by atoms with Crippen molar-refractivity contribution in [2.24, 2.45) is 0 Å². The van der Waals surface area contributed by atoms with Crippen molar-refractivity contribution in [3.05, 3.63) is 16.6 Å². The molecule has 1 rings (SSSR count). The minimum atomic E-state index is -5.71. The first kappa shape index (κ1) is 15.2. The van der Waals surface area contributed by atoms with E-state index in [4.69, 9.17) is 0 Å². The lowest BCUT2D eigenvalue weighted by molar-refractivity contribution is -0.400. The lowest BCUT2D eigenvalue weighted by Crippen LogP contribution is -2.56. The number of rotatable bonds is 4. The zero-order valence-electron chi connectivity index (χ0n) is 8.80. The van der Waals surface area contributed by atoms with E-state index in [0.717, 1.165) is 18.7 Å². The summed E-state index contributed by atoms with van der Waals surface area (Å²) in [5.74, 6) is 0. The topological polar surface area (TPSA) is 31.4 Å². The zero-order chi connectivity index (χ0) is 14.0. The molecule has 0 aromatic carbocycles. The van der Waals surface area contributed by atoms with Crippen LogP contribution in [0.5, 0.6) is 0 Å². The predicted molar refractivity (Wildman–Crippen MR) is 48.9 cm³/mol. The minimum Gasteiger partial charge on any atom is -0.359 e. The molecule has 18 heavy (non-hydrogen) atoms. The van der Waals surface area contributed by atoms with Crippen molar-refractivity contribution >= 4 is 11.3 Å². The number of hydrogen-bond acceptors (Lipinski definition) is 4. The Bertz CT molecular complexity index is 360. The second-order valence-corrected chi connectivity index (χ2v) is 3.96. The van der Waals surface area contributed by atoms with Crippen LogP contribution < -0.4 is 0 Å². The molecule has 0 spiro atoms. The fraction of sp³-hybridized carbons (Fsp3) is 0.625. The van der Waals surface area contributed by atoms with Gasteiger partial charge in [0.15, 0.2) is 0 Å². The first-order valence-electron chi connectivity index (χ1n) is 4.33. The van der Waals surface area contributed by atoms with Crippen molar-refractivity contribution in [1.82, 2.24) is 4.98 Å². The van der Waals surface area contributed by atoms with Crippen LogP contribution in [0.25, 0.3) is 0 Å². The molecule has 0 atom stereocenters. The van der Waals surface area contributed by atoms with Crippen LogP contribution in [0.15, 0.2) is 11.6 Å². The van der Waals surface area contributed by atoms with Gasteiger partial charge in [-0.15, -0.1) is 11.3 Å². The average Bonchev–Trinajstić information content (AvgIpc) is 2.68. The first-order chi connectivity index (χ1) is 8.17. The third kappa shape index (κ3) is 2.45. The van der Waals surface area contributed by atoms with Gasteiger partial charge in [-0.2, -0.15) is 26.3 Å². The van der Waals surface area contributed by atoms with Gasteiger partial charge in [0.05, 0.1) is 0 Å². The van der Waals surface area contributed by atoms with E-state index in [1.165, 1.54) is 0 Å². The molecule has 0 bridgehead atoms. The molecule has 0 N–H and O–H groups in total. The molecule has 0 aliphatic heterocycles. The Morgan fingerprint density at radius 1 is 1.17 bits per heavy atom. The molecule has 3 nitrogen and oxygen atoms in total. The Morgan fingerprint density at radius 2 is 1.72 bits per heavy atom. The van der Waals surface area contributed by atoms with Crippen LogP contribution in [0.3, 0.4) is 0 Å². The second-order valence-electron chi connectivity index (χ2n) is 3.06. The molecule has 1 aromatic rings. The van der Waals surface area contributed by atoms with Gasteiger partial charge in [0.2, 0.25) is 0 Å². The van der Waals surface area contributed by atoms with E-state index in [2.05, 4.69) is 14.5 Å². The highest BCUT2D eigenvalue weighted by Crippen LogP contribution is 2.53. The maximum absolute atomic E-state index is 12.8. The van der Waals surface area contributed by atoms with Crippen molar-refractivity contribution in [3.8, 4) is 0 Å². The summed E-state index contributed by atoms with van der Waals surface area (Å²) in [5.41, 5.74) is -4.47. The van der Waals surface area contributed by atoms with E-state index in [1.54, 1.807) is 0 Å². The number of thiazole rings is 1. The van der Waals surface area contributed by atoms with Crippen molar-refractivity contribution in [2.75, 3.05) is 13.9 Å². The van der Waals surface area contributed by atoms with Crippen LogP contribution in [-0.4, -0.2) is 31.2 Å². The molecule has 0 amide bonds. The molecule has 10 heteroatoms. The number of aromatic nitrogens is 1. The van der Waals surface area contributed by atoms with Gasteiger partial charge < -0.3 is 9.47 Å². The molecular formula is C8H7F6NO2S. The summed E-state index contributed by atoms with van der Waals surface area (Å²) in [5, 5.41) is -0.239. The van der Waals surface area contributed by atoms with Gasteiger partial charge in [-0.25, -0.2) is 4.98 Å². The number of ether oxygens (including phenoxy) is 2. The smallest absolute Gasteiger partial charge is 0.359 e. The van der Waals surface area contributed by atoms with Gasteiger partial charge in [-0.3, -0.25) is 0 Å². The van der Waals surface area contributed by atoms with Gasteiger partial charge in [-0.1, -0.05) is 0 Å². The highest BCUT2D eigenvalue weighted by Gasteiger charge is 2.75. The van der Waals surface area contributed by atoms with Crippen LogP contribution in [-0.2, 0) is 15.1 Å². The van der Waals surface area contributed by atoms with E-state index in [0.29, 0.717) is 0 Å². The summed E-state index contributed by atoms with van der Waals surface area (Å²) < 4.78 is 85.0. The monoisotopic (exact) mass is 295 g/mol. The molecule has 0 fully saturated rings. The molecule has 0 aliphatic rings. The molecule has 0 unspecified atom stereocenters. The summed E-state index contributed by atoms with van der Waals surface area (Å²) in [4.78, 5) is 3.07. The third-order valence-electron chi connectivity index (χ3n) is 1.93. The molecule has 1 heterocycles. The van der Waals surface area contributed by atoms with Crippen LogP contribution in [0, 0.1) is 0 Å². The van der Waals surface area contributed by atoms with Gasteiger partial charge in [-0.05, 0) is 0 Å². The standard InChI is InChI=1S/C8H7F6NO2S/c1-16-4-17-6(7(9,10)11,8(12,13)14)5-15-2-3-18-5/h2-3H,4H2,1H3. The lowest BCUT2D eigenvalue weighted by Gasteiger charge is -2.34. The molecule has 0 aliphatic carbocycles. The number of nitrogens with zero attached hydrogens (tertiary/aromatic N) is 1. The SMILES string of the molecule is COCOC(c1nccs1)(C(F)(F)F)C(F)(F)F. The van der Waals surface area contributed by atoms with Crippen LogP contribution >= 0.6 is 11.3 Å². The lowest BCUT2D eigenvalue weighted by atomic mass is 10.0. The minimum absolute atomic E-state index is 0.202. The summed E-state index contributed by atoms with van der Waals surface area (Å²) in [6.07, 6.45) is -10.6. The molecule has 104 valence electrons. The maximum atomic E-state index is 12.8. The fourth-order valence-electron chi connectivity index (χ4n) is 1.17. The van der Waals surface area contributed by atoms with E-state index in [1.807, 2.05) is 0 Å². The quantitative estimate of drug-likeness (QED) is 0.632. The Morgan fingerprint density at radius 3 is 2.06 bits per heavy atom. The number of halogens is 6. The Labute approximate surface area is 101 Å². The van der Waals surface area contributed by atoms with Gasteiger partial charge in [0.1, 0.15) is 11.8 Å². The van der Waals surface area contributed by atoms with E-state index >= 15 is 0 Å². The Kier molecular flexibility index (Phi) is 4.23. The highest BCUT2D eigenvalue weighted by atomic mass is 32.1. The zero-order valence-corrected chi connectivity index (χ0v) is 9.62. The molecular weight excluding hydrogens is 288 g/mol. The summed E-state index contributed by atoms with van der Waals surface area (Å²) in [6.45, 7) is -1.17. The maximum Gasteiger partial charge on any atom is 0.433 e. The number of alkyl halides is 6. The molecule has 0 radical (unpaired) electrons. The average molecular weight is 295 g/mol.